The van der Waals surface area contributed by atoms with E-state index in [0.29, 0.717) is 11.4 Å². The van der Waals surface area contributed by atoms with Crippen LogP contribution in [0.1, 0.15) is 0 Å². The van der Waals surface area contributed by atoms with Gasteiger partial charge in [-0.15, -0.1) is 0 Å². The Morgan fingerprint density at radius 1 is 0.368 bits per heavy atom. The van der Waals surface area contributed by atoms with E-state index >= 15 is 0 Å². The van der Waals surface area contributed by atoms with Crippen molar-refractivity contribution in [2.75, 3.05) is 0 Å². The summed E-state index contributed by atoms with van der Waals surface area (Å²) in [5.41, 5.74) is 12.4. The molecule has 0 fully saturated rings. The molecular formula is C52H29N3O2. The van der Waals surface area contributed by atoms with E-state index < -0.39 is 0 Å². The van der Waals surface area contributed by atoms with Crippen molar-refractivity contribution in [3.63, 3.8) is 0 Å². The lowest BCUT2D eigenvalue weighted by Gasteiger charge is -2.12. The lowest BCUT2D eigenvalue weighted by molar-refractivity contribution is 0.667. The van der Waals surface area contributed by atoms with Gasteiger partial charge in [0.25, 0.3) is 0 Å². The van der Waals surface area contributed by atoms with Crippen LogP contribution in [0.25, 0.3) is 127 Å². The zero-order valence-electron chi connectivity index (χ0n) is 30.4. The molecule has 0 aliphatic rings. The molecule has 13 aromatic rings. The molecule has 4 heterocycles. The summed E-state index contributed by atoms with van der Waals surface area (Å²) in [6.45, 7) is 0. The molecule has 9 aromatic carbocycles. The first-order valence-electron chi connectivity index (χ1n) is 19.2. The molecule has 264 valence electrons. The molecule has 0 atom stereocenters. The third-order valence-electron chi connectivity index (χ3n) is 11.7. The fourth-order valence-corrected chi connectivity index (χ4v) is 9.23. The number of furan rings is 2. The van der Waals surface area contributed by atoms with Gasteiger partial charge in [0, 0.05) is 44.1 Å². The van der Waals surface area contributed by atoms with E-state index in [9.17, 15) is 0 Å². The normalized spacial score (nSPS) is 12.2. The van der Waals surface area contributed by atoms with E-state index in [0.717, 1.165) is 72.3 Å². The zero-order chi connectivity index (χ0) is 37.2. The summed E-state index contributed by atoms with van der Waals surface area (Å²) in [7, 11) is 0. The van der Waals surface area contributed by atoms with E-state index in [1.807, 2.05) is 36.4 Å². The molecule has 0 radical (unpaired) electrons. The van der Waals surface area contributed by atoms with Gasteiger partial charge in [0.15, 0.2) is 11.4 Å². The van der Waals surface area contributed by atoms with Crippen LogP contribution < -0.4 is 0 Å². The summed E-state index contributed by atoms with van der Waals surface area (Å²) in [6, 6.07) is 62.0. The topological polar surface area (TPSA) is 57.0 Å². The summed E-state index contributed by atoms with van der Waals surface area (Å²) in [5, 5.41) is 10.6. The second kappa shape index (κ2) is 11.4. The number of aromatic nitrogens is 3. The summed E-state index contributed by atoms with van der Waals surface area (Å²) >= 11 is 0. The van der Waals surface area contributed by atoms with Crippen molar-refractivity contribution in [1.82, 2.24) is 14.5 Å². The van der Waals surface area contributed by atoms with Gasteiger partial charge in [-0.25, -0.2) is 9.97 Å². The summed E-state index contributed by atoms with van der Waals surface area (Å²) in [5.74, 6) is 0.658. The number of hydrogen-bond donors (Lipinski definition) is 0. The number of hydrogen-bond acceptors (Lipinski definition) is 4. The van der Waals surface area contributed by atoms with Gasteiger partial charge in [0.05, 0.1) is 16.7 Å². The molecule has 0 amide bonds. The Kier molecular flexibility index (Phi) is 6.10. The Morgan fingerprint density at radius 3 is 1.91 bits per heavy atom. The average molecular weight is 728 g/mol. The van der Waals surface area contributed by atoms with Gasteiger partial charge < -0.3 is 13.4 Å². The molecule has 0 unspecified atom stereocenters. The third-order valence-corrected chi connectivity index (χ3v) is 11.7. The molecule has 4 aromatic heterocycles. The molecule has 5 nitrogen and oxygen atoms in total. The van der Waals surface area contributed by atoms with Crippen molar-refractivity contribution >= 4 is 87.4 Å². The lowest BCUT2D eigenvalue weighted by atomic mass is 9.94. The molecule has 0 bridgehead atoms. The molecule has 0 spiro atoms. The highest BCUT2D eigenvalue weighted by Crippen LogP contribution is 2.45. The first-order valence-corrected chi connectivity index (χ1v) is 19.2. The number of para-hydroxylation sites is 2. The molecular weight excluding hydrogens is 699 g/mol. The summed E-state index contributed by atoms with van der Waals surface area (Å²) in [6.07, 6.45) is 0. The van der Waals surface area contributed by atoms with Crippen molar-refractivity contribution in [1.29, 1.82) is 0 Å². The van der Waals surface area contributed by atoms with E-state index in [-0.39, 0.29) is 0 Å². The van der Waals surface area contributed by atoms with Crippen molar-refractivity contribution in [2.24, 2.45) is 0 Å². The second-order valence-electron chi connectivity index (χ2n) is 14.9. The van der Waals surface area contributed by atoms with Crippen LogP contribution in [0, 0.1) is 0 Å². The van der Waals surface area contributed by atoms with Crippen molar-refractivity contribution in [2.45, 2.75) is 0 Å². The zero-order valence-corrected chi connectivity index (χ0v) is 30.4. The lowest BCUT2D eigenvalue weighted by Crippen LogP contribution is -1.95. The summed E-state index contributed by atoms with van der Waals surface area (Å²) < 4.78 is 15.4. The minimum Gasteiger partial charge on any atom is -0.456 e. The van der Waals surface area contributed by atoms with E-state index in [4.69, 9.17) is 18.8 Å². The van der Waals surface area contributed by atoms with Gasteiger partial charge >= 0.3 is 0 Å². The monoisotopic (exact) mass is 727 g/mol. The van der Waals surface area contributed by atoms with Gasteiger partial charge in [0.1, 0.15) is 28.0 Å². The standard InChI is InChI=1S/C52H29N3O2/c1-2-12-30(13-3-1)49-51-50(39-19-7-9-22-44(39)57-51)54-52(53-49)33-15-10-14-31(26-33)32-24-25-43-40(27-32)37-18-6-8-21-42(37)55(43)34-28-41-36-17-5-4-16-35(36)38-20-11-23-45-47(38)48(41)46(29-34)56-45/h1-29H. The minimum atomic E-state index is 0.658. The maximum Gasteiger partial charge on any atom is 0.180 e. The Hall–Kier alpha value is -7.76. The highest BCUT2D eigenvalue weighted by molar-refractivity contribution is 6.33. The third kappa shape index (κ3) is 4.34. The van der Waals surface area contributed by atoms with Gasteiger partial charge in [-0.2, -0.15) is 0 Å². The highest BCUT2D eigenvalue weighted by atomic mass is 16.3. The van der Waals surface area contributed by atoms with Crippen LogP contribution in [-0.4, -0.2) is 14.5 Å². The van der Waals surface area contributed by atoms with Crippen molar-refractivity contribution in [3.05, 3.63) is 176 Å². The Morgan fingerprint density at radius 2 is 1.02 bits per heavy atom. The number of nitrogens with zero attached hydrogens (tertiary/aromatic N) is 3. The van der Waals surface area contributed by atoms with Gasteiger partial charge in [-0.1, -0.05) is 121 Å². The van der Waals surface area contributed by atoms with Crippen LogP contribution in [0.2, 0.25) is 0 Å². The van der Waals surface area contributed by atoms with Crippen LogP contribution in [0.15, 0.2) is 185 Å². The van der Waals surface area contributed by atoms with Crippen LogP contribution in [0.3, 0.4) is 0 Å². The van der Waals surface area contributed by atoms with Gasteiger partial charge in [-0.05, 0) is 81.2 Å². The molecule has 0 saturated heterocycles. The SMILES string of the molecule is c1ccc(-c2nc(-c3cccc(-c4ccc5c(c4)c4ccccc4n5-c4cc5oc6cccc7c8ccccc8c(c4)c5c67)c3)nc3c2oc2ccccc23)cc1. The first kappa shape index (κ1) is 30.6. The van der Waals surface area contributed by atoms with Gasteiger partial charge in [-0.3, -0.25) is 0 Å². The Balaban J connectivity index is 0.993. The molecule has 57 heavy (non-hydrogen) atoms. The Labute approximate surface area is 325 Å². The van der Waals surface area contributed by atoms with Crippen LogP contribution in [-0.2, 0) is 0 Å². The van der Waals surface area contributed by atoms with E-state index in [1.54, 1.807) is 0 Å². The smallest absolute Gasteiger partial charge is 0.180 e. The molecule has 0 N–H and O–H groups in total. The quantitative estimate of drug-likeness (QED) is 0.169. The molecule has 5 heteroatoms. The largest absolute Gasteiger partial charge is 0.456 e. The van der Waals surface area contributed by atoms with Crippen molar-refractivity contribution in [3.8, 4) is 39.5 Å². The maximum atomic E-state index is 6.62. The summed E-state index contributed by atoms with van der Waals surface area (Å²) in [4.78, 5) is 10.3. The van der Waals surface area contributed by atoms with Crippen LogP contribution in [0.4, 0.5) is 0 Å². The average Bonchev–Trinajstić information content (AvgIpc) is 3.95. The minimum absolute atomic E-state index is 0.658. The molecule has 0 saturated carbocycles. The van der Waals surface area contributed by atoms with Gasteiger partial charge in [0.2, 0.25) is 0 Å². The Bertz CT molecular complexity index is 3760. The fourth-order valence-electron chi connectivity index (χ4n) is 9.23. The second-order valence-corrected chi connectivity index (χ2v) is 14.9. The number of rotatable bonds is 4. The number of fused-ring (bicyclic) bond motifs is 9. The number of benzene rings is 9. The van der Waals surface area contributed by atoms with E-state index in [1.165, 1.54) is 43.1 Å². The molecule has 0 aliphatic heterocycles. The predicted octanol–water partition coefficient (Wildman–Crippen LogP) is 14.1. The van der Waals surface area contributed by atoms with Crippen LogP contribution in [0.5, 0.6) is 0 Å². The molecule has 0 aliphatic carbocycles. The van der Waals surface area contributed by atoms with E-state index in [2.05, 4.69) is 144 Å². The predicted molar refractivity (Wildman–Crippen MR) is 233 cm³/mol. The first-order chi connectivity index (χ1) is 28.2. The molecule has 13 rings (SSSR count). The maximum absolute atomic E-state index is 6.62. The van der Waals surface area contributed by atoms with Crippen LogP contribution >= 0.6 is 0 Å². The fraction of sp³-hybridized carbons (Fsp3) is 0. The highest BCUT2D eigenvalue weighted by Gasteiger charge is 2.22. The van der Waals surface area contributed by atoms with Crippen molar-refractivity contribution < 1.29 is 8.83 Å².